The van der Waals surface area contributed by atoms with Gasteiger partial charge in [0.05, 0.1) is 11.6 Å². The normalized spacial score (nSPS) is 12.0. The first-order chi connectivity index (χ1) is 13.0. The molecule has 0 N–H and O–H groups in total. The minimum atomic E-state index is -0.405. The van der Waals surface area contributed by atoms with E-state index in [1.165, 1.54) is 11.8 Å². The van der Waals surface area contributed by atoms with Gasteiger partial charge in [0.15, 0.2) is 11.0 Å². The van der Waals surface area contributed by atoms with Gasteiger partial charge in [0, 0.05) is 11.3 Å². The number of esters is 1. The summed E-state index contributed by atoms with van der Waals surface area (Å²) in [6.07, 6.45) is 0. The number of carbonyl (C=O) groups is 1. The zero-order valence-corrected chi connectivity index (χ0v) is 16.9. The van der Waals surface area contributed by atoms with Crippen LogP contribution in [0.3, 0.4) is 0 Å². The Morgan fingerprint density at radius 2 is 1.89 bits per heavy atom. The lowest BCUT2D eigenvalue weighted by molar-refractivity contribution is -0.142. The summed E-state index contributed by atoms with van der Waals surface area (Å²) >= 11 is 7.70. The summed E-state index contributed by atoms with van der Waals surface area (Å²) in [5.74, 6) is 0.350. The molecule has 1 atom stereocenters. The fraction of sp³-hybridized carbons (Fsp3) is 0.250. The minimum absolute atomic E-state index is 0.278. The Kier molecular flexibility index (Phi) is 6.19. The summed E-state index contributed by atoms with van der Waals surface area (Å²) in [6, 6.07) is 15.5. The van der Waals surface area contributed by atoms with Crippen LogP contribution in [0.25, 0.3) is 17.1 Å². The Morgan fingerprint density at radius 3 is 2.56 bits per heavy atom. The Hall–Kier alpha value is -2.31. The van der Waals surface area contributed by atoms with Crippen molar-refractivity contribution in [2.45, 2.75) is 31.2 Å². The van der Waals surface area contributed by atoms with Gasteiger partial charge in [0.1, 0.15) is 5.25 Å². The highest BCUT2D eigenvalue weighted by Gasteiger charge is 2.23. The molecule has 0 amide bonds. The molecule has 2 aromatic carbocycles. The fourth-order valence-corrected chi connectivity index (χ4v) is 3.64. The molecule has 7 heteroatoms. The average Bonchev–Trinajstić information content (AvgIpc) is 3.06. The summed E-state index contributed by atoms with van der Waals surface area (Å²) in [5.41, 5.74) is 2.84. The molecular weight excluding hydrogens is 382 g/mol. The van der Waals surface area contributed by atoms with Gasteiger partial charge in [-0.2, -0.15) is 0 Å². The lowest BCUT2D eigenvalue weighted by Crippen LogP contribution is -2.17. The van der Waals surface area contributed by atoms with E-state index in [9.17, 15) is 4.79 Å². The molecule has 3 rings (SSSR count). The molecule has 27 heavy (non-hydrogen) atoms. The van der Waals surface area contributed by atoms with E-state index in [-0.39, 0.29) is 5.97 Å². The molecular formula is C20H20ClN3O2S. The second kappa shape index (κ2) is 8.59. The van der Waals surface area contributed by atoms with Gasteiger partial charge in [-0.05, 0) is 45.0 Å². The maximum atomic E-state index is 12.0. The van der Waals surface area contributed by atoms with E-state index in [1.54, 1.807) is 13.8 Å². The predicted octanol–water partition coefficient (Wildman–Crippen LogP) is 4.94. The maximum absolute atomic E-state index is 12.0. The second-order valence-corrected chi connectivity index (χ2v) is 7.68. The number of aromatic nitrogens is 3. The molecule has 0 radical (unpaired) electrons. The van der Waals surface area contributed by atoms with Crippen molar-refractivity contribution < 1.29 is 9.53 Å². The van der Waals surface area contributed by atoms with Crippen LogP contribution >= 0.6 is 23.4 Å². The summed E-state index contributed by atoms with van der Waals surface area (Å²) < 4.78 is 7.03. The number of carbonyl (C=O) groups excluding carboxylic acids is 1. The zero-order valence-electron chi connectivity index (χ0n) is 15.3. The van der Waals surface area contributed by atoms with E-state index < -0.39 is 5.25 Å². The van der Waals surface area contributed by atoms with Crippen molar-refractivity contribution >= 4 is 29.3 Å². The van der Waals surface area contributed by atoms with Crippen LogP contribution in [0.2, 0.25) is 5.02 Å². The number of ether oxygens (including phenoxy) is 1. The molecule has 0 fully saturated rings. The third kappa shape index (κ3) is 4.34. The van der Waals surface area contributed by atoms with Gasteiger partial charge in [-0.25, -0.2) is 0 Å². The summed E-state index contributed by atoms with van der Waals surface area (Å²) in [7, 11) is 0. The maximum Gasteiger partial charge on any atom is 0.319 e. The first-order valence-corrected chi connectivity index (χ1v) is 9.87. The van der Waals surface area contributed by atoms with Crippen molar-refractivity contribution in [2.24, 2.45) is 0 Å². The number of aryl methyl sites for hydroxylation is 1. The molecule has 0 spiro atoms. The second-order valence-electron chi connectivity index (χ2n) is 5.97. The number of benzene rings is 2. The number of halogens is 1. The van der Waals surface area contributed by atoms with Crippen LogP contribution < -0.4 is 0 Å². The van der Waals surface area contributed by atoms with Gasteiger partial charge in [-0.3, -0.25) is 9.36 Å². The monoisotopic (exact) mass is 401 g/mol. The minimum Gasteiger partial charge on any atom is -0.465 e. The highest BCUT2D eigenvalue weighted by molar-refractivity contribution is 8.00. The molecule has 3 aromatic rings. The average molecular weight is 402 g/mol. The van der Waals surface area contributed by atoms with Crippen LogP contribution in [0.1, 0.15) is 19.4 Å². The Labute approximate surface area is 167 Å². The number of hydrogen-bond acceptors (Lipinski definition) is 5. The standard InChI is InChI=1S/C20H20ClN3O2S/c1-4-26-19(25)14(3)27-20-23-22-18(16-7-5-6-8-17(16)21)24(20)15-11-9-13(2)10-12-15/h5-12,14H,4H2,1-3H3/t14-/m0/s1. The largest absolute Gasteiger partial charge is 0.465 e. The first-order valence-electron chi connectivity index (χ1n) is 8.62. The van der Waals surface area contributed by atoms with Crippen LogP contribution in [-0.4, -0.2) is 32.6 Å². The third-order valence-electron chi connectivity index (χ3n) is 3.94. The van der Waals surface area contributed by atoms with Crippen molar-refractivity contribution in [2.75, 3.05) is 6.61 Å². The van der Waals surface area contributed by atoms with Crippen LogP contribution in [0.4, 0.5) is 0 Å². The molecule has 0 aliphatic rings. The third-order valence-corrected chi connectivity index (χ3v) is 5.29. The number of rotatable bonds is 6. The van der Waals surface area contributed by atoms with Gasteiger partial charge in [-0.1, -0.05) is 53.2 Å². The Morgan fingerprint density at radius 1 is 1.19 bits per heavy atom. The van der Waals surface area contributed by atoms with Gasteiger partial charge in [0.25, 0.3) is 0 Å². The van der Waals surface area contributed by atoms with E-state index in [4.69, 9.17) is 16.3 Å². The molecule has 1 heterocycles. The van der Waals surface area contributed by atoms with Crippen molar-refractivity contribution in [1.29, 1.82) is 0 Å². The van der Waals surface area contributed by atoms with E-state index in [1.807, 2.05) is 60.0 Å². The molecule has 0 aliphatic carbocycles. The van der Waals surface area contributed by atoms with E-state index >= 15 is 0 Å². The zero-order chi connectivity index (χ0) is 19.4. The van der Waals surface area contributed by atoms with E-state index in [0.29, 0.717) is 22.6 Å². The number of hydrogen-bond donors (Lipinski definition) is 0. The van der Waals surface area contributed by atoms with Crippen LogP contribution in [-0.2, 0) is 9.53 Å². The molecule has 140 valence electrons. The topological polar surface area (TPSA) is 57.0 Å². The molecule has 1 aromatic heterocycles. The molecule has 0 saturated heterocycles. The molecule has 0 aliphatic heterocycles. The first kappa shape index (κ1) is 19.5. The van der Waals surface area contributed by atoms with Crippen LogP contribution in [0.5, 0.6) is 0 Å². The Balaban J connectivity index is 2.08. The van der Waals surface area contributed by atoms with Gasteiger partial charge >= 0.3 is 5.97 Å². The quantitative estimate of drug-likeness (QED) is 0.432. The lowest BCUT2D eigenvalue weighted by Gasteiger charge is -2.13. The highest BCUT2D eigenvalue weighted by atomic mass is 35.5. The van der Waals surface area contributed by atoms with Gasteiger partial charge in [0.2, 0.25) is 0 Å². The van der Waals surface area contributed by atoms with Crippen LogP contribution in [0, 0.1) is 6.92 Å². The highest BCUT2D eigenvalue weighted by Crippen LogP contribution is 2.33. The van der Waals surface area contributed by atoms with E-state index in [0.717, 1.165) is 16.8 Å². The summed E-state index contributed by atoms with van der Waals surface area (Å²) in [5, 5.41) is 9.48. The fourth-order valence-electron chi connectivity index (χ4n) is 2.56. The SMILES string of the molecule is CCOC(=O)[C@H](C)Sc1nnc(-c2ccccc2Cl)n1-c1ccc(C)cc1. The molecule has 5 nitrogen and oxygen atoms in total. The van der Waals surface area contributed by atoms with Crippen molar-refractivity contribution in [3.63, 3.8) is 0 Å². The number of thioether (sulfide) groups is 1. The summed E-state index contributed by atoms with van der Waals surface area (Å²) in [4.78, 5) is 12.0. The molecule has 0 unspecified atom stereocenters. The van der Waals surface area contributed by atoms with Crippen molar-refractivity contribution in [1.82, 2.24) is 14.8 Å². The summed E-state index contributed by atoms with van der Waals surface area (Å²) in [6.45, 7) is 5.97. The lowest BCUT2D eigenvalue weighted by atomic mass is 10.2. The molecule has 0 saturated carbocycles. The van der Waals surface area contributed by atoms with E-state index in [2.05, 4.69) is 10.2 Å². The Bertz CT molecular complexity index is 941. The van der Waals surface area contributed by atoms with Gasteiger partial charge in [-0.15, -0.1) is 10.2 Å². The van der Waals surface area contributed by atoms with Crippen LogP contribution in [0.15, 0.2) is 53.7 Å². The molecule has 0 bridgehead atoms. The predicted molar refractivity (Wildman–Crippen MR) is 108 cm³/mol. The van der Waals surface area contributed by atoms with Crippen molar-refractivity contribution in [3.05, 3.63) is 59.1 Å². The smallest absolute Gasteiger partial charge is 0.319 e. The number of nitrogens with zero attached hydrogens (tertiary/aromatic N) is 3. The van der Waals surface area contributed by atoms with Crippen molar-refractivity contribution in [3.8, 4) is 17.1 Å². The van der Waals surface area contributed by atoms with Gasteiger partial charge < -0.3 is 4.74 Å².